The van der Waals surface area contributed by atoms with E-state index in [-0.39, 0.29) is 17.4 Å². The van der Waals surface area contributed by atoms with Gasteiger partial charge in [0.15, 0.2) is 0 Å². The highest BCUT2D eigenvalue weighted by Gasteiger charge is 2.63. The molecular formula is C19H30N2O3. The van der Waals surface area contributed by atoms with E-state index in [2.05, 4.69) is 0 Å². The van der Waals surface area contributed by atoms with Crippen LogP contribution in [0.15, 0.2) is 24.3 Å². The zero-order valence-electron chi connectivity index (χ0n) is 15.5. The Morgan fingerprint density at radius 3 is 2.38 bits per heavy atom. The Labute approximate surface area is 145 Å². The summed E-state index contributed by atoms with van der Waals surface area (Å²) in [7, 11) is 1.64. The van der Waals surface area contributed by atoms with Gasteiger partial charge in [-0.05, 0) is 31.5 Å². The first-order valence-corrected chi connectivity index (χ1v) is 8.63. The Morgan fingerprint density at radius 1 is 1.29 bits per heavy atom. The lowest BCUT2D eigenvalue weighted by atomic mass is 9.54. The first-order valence-electron chi connectivity index (χ1n) is 8.63. The van der Waals surface area contributed by atoms with Gasteiger partial charge >= 0.3 is 0 Å². The predicted octanol–water partition coefficient (Wildman–Crippen LogP) is 2.58. The average molecular weight is 334 g/mol. The van der Waals surface area contributed by atoms with Crippen molar-refractivity contribution in [2.45, 2.75) is 52.3 Å². The number of rotatable bonds is 7. The first kappa shape index (κ1) is 18.7. The van der Waals surface area contributed by atoms with Gasteiger partial charge in [0, 0.05) is 31.5 Å². The zero-order valence-corrected chi connectivity index (χ0v) is 15.5. The fraction of sp³-hybridized carbons (Fsp3) is 0.632. The molecular weight excluding hydrogens is 304 g/mol. The number of carbonyl (C=O) groups excluding carboxylic acids is 1. The molecule has 2 N–H and O–H groups in total. The van der Waals surface area contributed by atoms with Crippen molar-refractivity contribution >= 4 is 5.91 Å². The lowest BCUT2D eigenvalue weighted by Gasteiger charge is -2.58. The van der Waals surface area contributed by atoms with Gasteiger partial charge in [-0.1, -0.05) is 26.0 Å². The summed E-state index contributed by atoms with van der Waals surface area (Å²) in [6.07, 6.45) is 0.613. The van der Waals surface area contributed by atoms with E-state index in [1.807, 2.05) is 56.9 Å². The minimum absolute atomic E-state index is 0.00164. The van der Waals surface area contributed by atoms with Crippen molar-refractivity contribution in [1.82, 2.24) is 4.90 Å². The summed E-state index contributed by atoms with van der Waals surface area (Å²) in [5, 5.41) is 0. The van der Waals surface area contributed by atoms with Crippen molar-refractivity contribution in [3.63, 3.8) is 0 Å². The van der Waals surface area contributed by atoms with Crippen LogP contribution in [-0.2, 0) is 16.1 Å². The first-order chi connectivity index (χ1) is 11.3. The molecule has 0 spiro atoms. The van der Waals surface area contributed by atoms with E-state index < -0.39 is 5.54 Å². The van der Waals surface area contributed by atoms with Gasteiger partial charge in [-0.25, -0.2) is 0 Å². The summed E-state index contributed by atoms with van der Waals surface area (Å²) in [6.45, 7) is 9.81. The Bertz CT molecular complexity index is 570. The summed E-state index contributed by atoms with van der Waals surface area (Å²) < 4.78 is 10.9. The van der Waals surface area contributed by atoms with E-state index >= 15 is 0 Å². The maximum atomic E-state index is 13.1. The highest BCUT2D eigenvalue weighted by atomic mass is 16.5. The SMILES string of the molecule is CCOC1CC(N)(C(=O)N(CC)Cc2ccc(OC)cc2)C1(C)C. The maximum absolute atomic E-state index is 13.1. The van der Waals surface area contributed by atoms with Gasteiger partial charge in [0.2, 0.25) is 5.91 Å². The smallest absolute Gasteiger partial charge is 0.243 e. The number of hydrogen-bond donors (Lipinski definition) is 1. The number of amides is 1. The molecule has 5 heteroatoms. The third-order valence-corrected chi connectivity index (χ3v) is 5.41. The third kappa shape index (κ3) is 3.15. The molecule has 0 heterocycles. The molecule has 1 fully saturated rings. The lowest BCUT2D eigenvalue weighted by Crippen LogP contribution is -2.76. The van der Waals surface area contributed by atoms with E-state index in [0.29, 0.717) is 26.1 Å². The molecule has 0 aliphatic heterocycles. The number of ether oxygens (including phenoxy) is 2. The number of nitrogens with zero attached hydrogens (tertiary/aromatic N) is 1. The Hall–Kier alpha value is -1.59. The monoisotopic (exact) mass is 334 g/mol. The summed E-state index contributed by atoms with van der Waals surface area (Å²) >= 11 is 0. The minimum Gasteiger partial charge on any atom is -0.497 e. The Kier molecular flexibility index (Phi) is 5.56. The summed E-state index contributed by atoms with van der Waals surface area (Å²) in [5.74, 6) is 0.810. The van der Waals surface area contributed by atoms with Crippen molar-refractivity contribution in [2.75, 3.05) is 20.3 Å². The van der Waals surface area contributed by atoms with Crippen molar-refractivity contribution in [2.24, 2.45) is 11.1 Å². The fourth-order valence-electron chi connectivity index (χ4n) is 3.36. The molecule has 2 unspecified atom stereocenters. The molecule has 1 aromatic carbocycles. The normalized spacial score (nSPS) is 25.0. The van der Waals surface area contributed by atoms with Crippen molar-refractivity contribution in [3.05, 3.63) is 29.8 Å². The molecule has 134 valence electrons. The number of hydrogen-bond acceptors (Lipinski definition) is 4. The number of likely N-dealkylation sites (N-methyl/N-ethyl adjacent to an activating group) is 1. The quantitative estimate of drug-likeness (QED) is 0.832. The van der Waals surface area contributed by atoms with Crippen molar-refractivity contribution < 1.29 is 14.3 Å². The van der Waals surface area contributed by atoms with E-state index in [0.717, 1.165) is 11.3 Å². The number of methoxy groups -OCH3 is 1. The largest absolute Gasteiger partial charge is 0.497 e. The Balaban J connectivity index is 2.11. The molecule has 0 saturated heterocycles. The van der Waals surface area contributed by atoms with E-state index in [1.54, 1.807) is 7.11 Å². The highest BCUT2D eigenvalue weighted by molar-refractivity contribution is 5.88. The second-order valence-electron chi connectivity index (χ2n) is 7.01. The van der Waals surface area contributed by atoms with Crippen LogP contribution in [0.5, 0.6) is 5.75 Å². The zero-order chi connectivity index (χ0) is 18.0. The summed E-state index contributed by atoms with van der Waals surface area (Å²) in [5.41, 5.74) is 6.36. The van der Waals surface area contributed by atoms with Crippen LogP contribution in [0.4, 0.5) is 0 Å². The predicted molar refractivity (Wildman–Crippen MR) is 94.8 cm³/mol. The van der Waals surface area contributed by atoms with Crippen molar-refractivity contribution in [3.8, 4) is 5.75 Å². The molecule has 1 aliphatic carbocycles. The van der Waals surface area contributed by atoms with Gasteiger partial charge in [-0.15, -0.1) is 0 Å². The van der Waals surface area contributed by atoms with Gasteiger partial charge < -0.3 is 20.1 Å². The molecule has 1 saturated carbocycles. The number of benzene rings is 1. The van der Waals surface area contributed by atoms with Crippen LogP contribution in [0.3, 0.4) is 0 Å². The third-order valence-electron chi connectivity index (χ3n) is 5.41. The maximum Gasteiger partial charge on any atom is 0.243 e. The summed E-state index contributed by atoms with van der Waals surface area (Å²) in [6, 6.07) is 7.77. The van der Waals surface area contributed by atoms with Crippen LogP contribution in [0, 0.1) is 5.41 Å². The molecule has 0 bridgehead atoms. The second kappa shape index (κ2) is 7.11. The molecule has 5 nitrogen and oxygen atoms in total. The van der Waals surface area contributed by atoms with Gasteiger partial charge in [-0.2, -0.15) is 0 Å². The molecule has 1 amide bonds. The average Bonchev–Trinajstić information content (AvgIpc) is 2.59. The standard InChI is InChI=1S/C19H30N2O3/c1-6-21(13-14-8-10-15(23-5)11-9-14)17(22)19(20)12-16(24-7-2)18(19,3)4/h8-11,16H,6-7,12-13,20H2,1-5H3. The lowest BCUT2D eigenvalue weighted by molar-refractivity contribution is -0.179. The van der Waals surface area contributed by atoms with Crippen LogP contribution in [0.25, 0.3) is 0 Å². The van der Waals surface area contributed by atoms with E-state index in [9.17, 15) is 4.79 Å². The van der Waals surface area contributed by atoms with Gasteiger partial charge in [0.1, 0.15) is 11.3 Å². The topological polar surface area (TPSA) is 64.8 Å². The van der Waals surface area contributed by atoms with Gasteiger partial charge in [0.05, 0.1) is 13.2 Å². The minimum atomic E-state index is -0.866. The van der Waals surface area contributed by atoms with Crippen LogP contribution < -0.4 is 10.5 Å². The van der Waals surface area contributed by atoms with Gasteiger partial charge in [0.25, 0.3) is 0 Å². The van der Waals surface area contributed by atoms with Crippen LogP contribution in [0.2, 0.25) is 0 Å². The fourth-order valence-corrected chi connectivity index (χ4v) is 3.36. The molecule has 1 aliphatic rings. The van der Waals surface area contributed by atoms with E-state index in [1.165, 1.54) is 0 Å². The molecule has 0 aromatic heterocycles. The number of carbonyl (C=O) groups is 1. The molecule has 0 radical (unpaired) electrons. The number of nitrogens with two attached hydrogens (primary N) is 1. The van der Waals surface area contributed by atoms with Gasteiger partial charge in [-0.3, -0.25) is 4.79 Å². The molecule has 2 atom stereocenters. The molecule has 2 rings (SSSR count). The van der Waals surface area contributed by atoms with Crippen LogP contribution >= 0.6 is 0 Å². The summed E-state index contributed by atoms with van der Waals surface area (Å²) in [4.78, 5) is 14.9. The van der Waals surface area contributed by atoms with Crippen LogP contribution in [-0.4, -0.2) is 42.7 Å². The van der Waals surface area contributed by atoms with E-state index in [4.69, 9.17) is 15.2 Å². The Morgan fingerprint density at radius 2 is 1.92 bits per heavy atom. The second-order valence-corrected chi connectivity index (χ2v) is 7.01. The van der Waals surface area contributed by atoms with Crippen molar-refractivity contribution in [1.29, 1.82) is 0 Å². The highest BCUT2D eigenvalue weighted by Crippen LogP contribution is 2.50. The molecule has 1 aromatic rings. The molecule has 24 heavy (non-hydrogen) atoms. The van der Waals surface area contributed by atoms with Crippen LogP contribution in [0.1, 0.15) is 39.7 Å².